The van der Waals surface area contributed by atoms with Crippen molar-refractivity contribution in [3.63, 3.8) is 0 Å². The molecular weight excluding hydrogens is 292 g/mol. The summed E-state index contributed by atoms with van der Waals surface area (Å²) >= 11 is 0. The second kappa shape index (κ2) is 7.49. The third kappa shape index (κ3) is 4.98. The first-order valence-corrected chi connectivity index (χ1v) is 8.49. The first-order valence-electron chi connectivity index (χ1n) is 8.49. The SMILES string of the molecule is O=C(COc1ccc(CCNC(=O)C2CCC2)cc1)NC1CC1. The van der Waals surface area contributed by atoms with Crippen LogP contribution in [0.25, 0.3) is 0 Å². The molecule has 2 aliphatic carbocycles. The summed E-state index contributed by atoms with van der Waals surface area (Å²) in [6, 6.07) is 8.05. The minimum absolute atomic E-state index is 0.0599. The van der Waals surface area contributed by atoms with E-state index in [1.54, 1.807) is 0 Å². The summed E-state index contributed by atoms with van der Waals surface area (Å²) in [5, 5.41) is 5.88. The van der Waals surface area contributed by atoms with Crippen molar-refractivity contribution in [2.45, 2.75) is 44.6 Å². The van der Waals surface area contributed by atoms with Crippen molar-refractivity contribution in [2.24, 2.45) is 5.92 Å². The Kier molecular flexibility index (Phi) is 5.16. The Labute approximate surface area is 136 Å². The molecule has 0 saturated heterocycles. The fraction of sp³-hybridized carbons (Fsp3) is 0.556. The molecule has 0 unspecified atom stereocenters. The zero-order chi connectivity index (χ0) is 16.1. The molecule has 1 aromatic carbocycles. The predicted molar refractivity (Wildman–Crippen MR) is 87.2 cm³/mol. The van der Waals surface area contributed by atoms with Crippen LogP contribution >= 0.6 is 0 Å². The lowest BCUT2D eigenvalue weighted by molar-refractivity contribution is -0.127. The van der Waals surface area contributed by atoms with Crippen molar-refractivity contribution in [1.29, 1.82) is 0 Å². The van der Waals surface area contributed by atoms with E-state index in [9.17, 15) is 9.59 Å². The normalized spacial score (nSPS) is 17.2. The van der Waals surface area contributed by atoms with Gasteiger partial charge in [-0.05, 0) is 49.8 Å². The molecule has 1 aromatic rings. The Morgan fingerprint density at radius 2 is 1.83 bits per heavy atom. The molecule has 2 fully saturated rings. The van der Waals surface area contributed by atoms with E-state index in [1.807, 2.05) is 24.3 Å². The predicted octanol–water partition coefficient (Wildman–Crippen LogP) is 1.80. The number of hydrogen-bond acceptors (Lipinski definition) is 3. The first kappa shape index (κ1) is 15.8. The summed E-state index contributed by atoms with van der Waals surface area (Å²) in [6.07, 6.45) is 6.22. The van der Waals surface area contributed by atoms with Gasteiger partial charge in [-0.25, -0.2) is 0 Å². The number of benzene rings is 1. The van der Waals surface area contributed by atoms with Gasteiger partial charge >= 0.3 is 0 Å². The topological polar surface area (TPSA) is 67.4 Å². The summed E-state index contributed by atoms with van der Waals surface area (Å²) in [5.41, 5.74) is 1.15. The number of hydrogen-bond donors (Lipinski definition) is 2. The van der Waals surface area contributed by atoms with Gasteiger partial charge in [-0.1, -0.05) is 18.6 Å². The van der Waals surface area contributed by atoms with Gasteiger partial charge in [0, 0.05) is 18.5 Å². The second-order valence-electron chi connectivity index (χ2n) is 6.44. The second-order valence-corrected chi connectivity index (χ2v) is 6.44. The highest BCUT2D eigenvalue weighted by atomic mass is 16.5. The first-order chi connectivity index (χ1) is 11.2. The van der Waals surface area contributed by atoms with Crippen LogP contribution in [0, 0.1) is 5.92 Å². The maximum Gasteiger partial charge on any atom is 0.258 e. The molecule has 23 heavy (non-hydrogen) atoms. The molecular formula is C18H24N2O3. The highest BCUT2D eigenvalue weighted by molar-refractivity contribution is 5.79. The molecule has 124 valence electrons. The largest absolute Gasteiger partial charge is 0.484 e. The highest BCUT2D eigenvalue weighted by Gasteiger charge is 2.24. The van der Waals surface area contributed by atoms with E-state index in [2.05, 4.69) is 10.6 Å². The van der Waals surface area contributed by atoms with Crippen molar-refractivity contribution < 1.29 is 14.3 Å². The van der Waals surface area contributed by atoms with Gasteiger partial charge in [0.25, 0.3) is 5.91 Å². The summed E-state index contributed by atoms with van der Waals surface area (Å²) in [7, 11) is 0. The summed E-state index contributed by atoms with van der Waals surface area (Å²) in [4.78, 5) is 23.3. The molecule has 0 bridgehead atoms. The highest BCUT2D eigenvalue weighted by Crippen LogP contribution is 2.26. The Balaban J connectivity index is 1.34. The number of ether oxygens (including phenoxy) is 1. The van der Waals surface area contributed by atoms with E-state index < -0.39 is 0 Å². The fourth-order valence-corrected chi connectivity index (χ4v) is 2.54. The number of rotatable bonds is 8. The quantitative estimate of drug-likeness (QED) is 0.768. The van der Waals surface area contributed by atoms with Crippen LogP contribution in [0.4, 0.5) is 0 Å². The van der Waals surface area contributed by atoms with E-state index in [-0.39, 0.29) is 24.3 Å². The minimum Gasteiger partial charge on any atom is -0.484 e. The van der Waals surface area contributed by atoms with Crippen molar-refractivity contribution in [1.82, 2.24) is 10.6 Å². The number of amides is 2. The average Bonchev–Trinajstić information content (AvgIpc) is 3.28. The summed E-state index contributed by atoms with van der Waals surface area (Å²) < 4.78 is 5.47. The number of carbonyl (C=O) groups is 2. The smallest absolute Gasteiger partial charge is 0.258 e. The van der Waals surface area contributed by atoms with E-state index in [0.717, 1.165) is 37.7 Å². The van der Waals surface area contributed by atoms with Crippen LogP contribution in [-0.4, -0.2) is 31.0 Å². The van der Waals surface area contributed by atoms with Crippen LogP contribution < -0.4 is 15.4 Å². The fourth-order valence-electron chi connectivity index (χ4n) is 2.54. The van der Waals surface area contributed by atoms with Gasteiger partial charge in [0.2, 0.25) is 5.91 Å². The van der Waals surface area contributed by atoms with Gasteiger partial charge < -0.3 is 15.4 Å². The Morgan fingerprint density at radius 3 is 2.43 bits per heavy atom. The minimum atomic E-state index is -0.0599. The third-order valence-electron chi connectivity index (χ3n) is 4.42. The molecule has 0 atom stereocenters. The number of nitrogens with one attached hydrogen (secondary N) is 2. The molecule has 0 radical (unpaired) electrons. The lowest BCUT2D eigenvalue weighted by Gasteiger charge is -2.24. The van der Waals surface area contributed by atoms with Crippen LogP contribution in [0.2, 0.25) is 0 Å². The lowest BCUT2D eigenvalue weighted by Crippen LogP contribution is -2.35. The molecule has 0 aromatic heterocycles. The van der Waals surface area contributed by atoms with Crippen LogP contribution in [-0.2, 0) is 16.0 Å². The van der Waals surface area contributed by atoms with Crippen molar-refractivity contribution in [3.05, 3.63) is 29.8 Å². The standard InChI is InChI=1S/C18H24N2O3/c21-17(20-15-6-7-15)12-23-16-8-4-13(5-9-16)10-11-19-18(22)14-2-1-3-14/h4-5,8-9,14-15H,1-3,6-7,10-12H2,(H,19,22)(H,20,21). The monoisotopic (exact) mass is 316 g/mol. The Bertz CT molecular complexity index is 548. The van der Waals surface area contributed by atoms with E-state index in [4.69, 9.17) is 4.74 Å². The average molecular weight is 316 g/mol. The van der Waals surface area contributed by atoms with Crippen molar-refractivity contribution in [2.75, 3.05) is 13.2 Å². The Hall–Kier alpha value is -2.04. The Morgan fingerprint density at radius 1 is 1.09 bits per heavy atom. The van der Waals surface area contributed by atoms with Crippen LogP contribution in [0.3, 0.4) is 0 Å². The molecule has 0 aliphatic heterocycles. The molecule has 0 heterocycles. The van der Waals surface area contributed by atoms with Gasteiger partial charge in [-0.3, -0.25) is 9.59 Å². The van der Waals surface area contributed by atoms with Gasteiger partial charge in [0.05, 0.1) is 0 Å². The molecule has 5 nitrogen and oxygen atoms in total. The molecule has 5 heteroatoms. The summed E-state index contributed by atoms with van der Waals surface area (Å²) in [5.74, 6) is 1.07. The maximum absolute atomic E-state index is 11.7. The van der Waals surface area contributed by atoms with Crippen molar-refractivity contribution in [3.8, 4) is 5.75 Å². The van der Waals surface area contributed by atoms with Crippen LogP contribution in [0.5, 0.6) is 5.75 Å². The zero-order valence-electron chi connectivity index (χ0n) is 13.3. The zero-order valence-corrected chi connectivity index (χ0v) is 13.3. The maximum atomic E-state index is 11.7. The van der Waals surface area contributed by atoms with Gasteiger partial charge in [0.1, 0.15) is 5.75 Å². The van der Waals surface area contributed by atoms with Gasteiger partial charge in [0.15, 0.2) is 6.61 Å². The van der Waals surface area contributed by atoms with E-state index in [1.165, 1.54) is 6.42 Å². The van der Waals surface area contributed by atoms with E-state index >= 15 is 0 Å². The molecule has 0 spiro atoms. The molecule has 2 saturated carbocycles. The molecule has 3 rings (SSSR count). The molecule has 2 aliphatic rings. The third-order valence-corrected chi connectivity index (χ3v) is 4.42. The van der Waals surface area contributed by atoms with Crippen LogP contribution in [0.1, 0.15) is 37.7 Å². The number of carbonyl (C=O) groups excluding carboxylic acids is 2. The lowest BCUT2D eigenvalue weighted by atomic mass is 9.85. The van der Waals surface area contributed by atoms with Gasteiger partial charge in [-0.2, -0.15) is 0 Å². The van der Waals surface area contributed by atoms with Gasteiger partial charge in [-0.15, -0.1) is 0 Å². The summed E-state index contributed by atoms with van der Waals surface area (Å²) in [6.45, 7) is 0.729. The van der Waals surface area contributed by atoms with E-state index in [0.29, 0.717) is 18.3 Å². The van der Waals surface area contributed by atoms with Crippen LogP contribution in [0.15, 0.2) is 24.3 Å². The molecule has 2 amide bonds. The van der Waals surface area contributed by atoms with Crippen molar-refractivity contribution >= 4 is 11.8 Å². The molecule has 2 N–H and O–H groups in total.